The maximum absolute atomic E-state index is 15.7. The topological polar surface area (TPSA) is 76.0 Å². The fourth-order valence-electron chi connectivity index (χ4n) is 6.35. The van der Waals surface area contributed by atoms with Gasteiger partial charge < -0.3 is 18.9 Å². The van der Waals surface area contributed by atoms with Crippen molar-refractivity contribution >= 4 is 20.9 Å². The summed E-state index contributed by atoms with van der Waals surface area (Å²) in [7, 11) is -4.18. The zero-order valence-electron chi connectivity index (χ0n) is 27.6. The first-order chi connectivity index (χ1) is 24.4. The minimum atomic E-state index is -4.18. The van der Waals surface area contributed by atoms with E-state index in [0.29, 0.717) is 17.6 Å². The molecule has 0 unspecified atom stereocenters. The molecule has 4 atom stereocenters. The zero-order valence-corrected chi connectivity index (χ0v) is 28.4. The van der Waals surface area contributed by atoms with Crippen LogP contribution < -0.4 is 0 Å². The highest BCUT2D eigenvalue weighted by Crippen LogP contribution is 2.40. The Morgan fingerprint density at radius 3 is 1.80 bits per heavy atom. The Morgan fingerprint density at radius 2 is 1.22 bits per heavy atom. The number of ether oxygens (including phenoxy) is 4. The molecule has 2 heterocycles. The first-order valence-corrected chi connectivity index (χ1v) is 18.0. The van der Waals surface area contributed by atoms with Crippen molar-refractivity contribution in [2.45, 2.75) is 56.1 Å². The number of aryl methyl sites for hydroxylation is 1. The fraction of sp³-hybridized carbons (Fsp3) is 0.220. The van der Waals surface area contributed by atoms with E-state index in [1.807, 2.05) is 97.9 Å². The summed E-state index contributed by atoms with van der Waals surface area (Å²) in [6.45, 7) is 2.86. The molecule has 1 aliphatic rings. The molecule has 50 heavy (non-hydrogen) atoms. The predicted octanol–water partition coefficient (Wildman–Crippen LogP) is 8.15. The van der Waals surface area contributed by atoms with Crippen LogP contribution in [0, 0.1) is 12.7 Å². The number of para-hydroxylation sites is 1. The maximum Gasteiger partial charge on any atom is 0.268 e. The molecule has 6 aromatic rings. The minimum absolute atomic E-state index is 0.0506. The van der Waals surface area contributed by atoms with Crippen LogP contribution >= 0.6 is 0 Å². The Bertz CT molecular complexity index is 2120. The number of hydrogen-bond acceptors (Lipinski definition) is 6. The van der Waals surface area contributed by atoms with Crippen molar-refractivity contribution in [3.8, 4) is 0 Å². The second kappa shape index (κ2) is 15.1. The highest BCUT2D eigenvalue weighted by molar-refractivity contribution is 7.90. The van der Waals surface area contributed by atoms with Crippen LogP contribution in [0.4, 0.5) is 4.39 Å². The van der Waals surface area contributed by atoms with Crippen LogP contribution in [0.2, 0.25) is 0 Å². The van der Waals surface area contributed by atoms with Crippen molar-refractivity contribution in [1.29, 1.82) is 0 Å². The standard InChI is InChI=1S/C41H38FNO6S/c1-29-20-22-33(23-21-29)50(44,45)43-24-35(34-18-11-19-36(42)38(34)43)39-41(48-27-32-16-9-4-10-17-32)40(47-26-31-14-7-3-8-15-31)37(28-49-39)46-25-30-12-5-2-6-13-30/h2-24,37,39-41H,25-28H2,1H3/t37-,39+,40+,41+/m1/s1. The van der Waals surface area contributed by atoms with Gasteiger partial charge in [-0.1, -0.05) is 121 Å². The van der Waals surface area contributed by atoms with E-state index in [0.717, 1.165) is 26.2 Å². The Morgan fingerprint density at radius 1 is 0.680 bits per heavy atom. The molecule has 0 bridgehead atoms. The van der Waals surface area contributed by atoms with Crippen LogP contribution in [0.25, 0.3) is 10.9 Å². The van der Waals surface area contributed by atoms with Gasteiger partial charge in [0.1, 0.15) is 35.7 Å². The summed E-state index contributed by atoms with van der Waals surface area (Å²) in [5, 5.41) is 0.407. The Balaban J connectivity index is 1.31. The van der Waals surface area contributed by atoms with E-state index in [-0.39, 0.29) is 30.2 Å². The molecule has 0 radical (unpaired) electrons. The van der Waals surface area contributed by atoms with Gasteiger partial charge in [0, 0.05) is 17.1 Å². The van der Waals surface area contributed by atoms with Crippen molar-refractivity contribution in [3.63, 3.8) is 0 Å². The van der Waals surface area contributed by atoms with Gasteiger partial charge in [0.05, 0.1) is 31.3 Å². The maximum atomic E-state index is 15.7. The van der Waals surface area contributed by atoms with Gasteiger partial charge in [-0.15, -0.1) is 0 Å². The van der Waals surface area contributed by atoms with Crippen LogP contribution in [0.5, 0.6) is 0 Å². The van der Waals surface area contributed by atoms with E-state index in [2.05, 4.69) is 0 Å². The molecular formula is C41H38FNO6S. The van der Waals surface area contributed by atoms with Crippen molar-refractivity contribution < 1.29 is 31.8 Å². The summed E-state index contributed by atoms with van der Waals surface area (Å²) in [5.74, 6) is -0.664. The predicted molar refractivity (Wildman–Crippen MR) is 189 cm³/mol. The molecule has 0 N–H and O–H groups in total. The van der Waals surface area contributed by atoms with E-state index in [9.17, 15) is 8.42 Å². The van der Waals surface area contributed by atoms with Crippen LogP contribution in [0.15, 0.2) is 145 Å². The monoisotopic (exact) mass is 691 g/mol. The summed E-state index contributed by atoms with van der Waals surface area (Å²) >= 11 is 0. The third kappa shape index (κ3) is 7.28. The molecule has 0 spiro atoms. The normalized spacial score (nSPS) is 19.5. The van der Waals surface area contributed by atoms with Gasteiger partial charge in [0.2, 0.25) is 0 Å². The number of rotatable bonds is 12. The van der Waals surface area contributed by atoms with Gasteiger partial charge >= 0.3 is 0 Å². The van der Waals surface area contributed by atoms with Crippen LogP contribution in [-0.4, -0.2) is 37.3 Å². The van der Waals surface area contributed by atoms with Gasteiger partial charge in [0.25, 0.3) is 10.0 Å². The minimum Gasteiger partial charge on any atom is -0.368 e. The molecule has 5 aromatic carbocycles. The summed E-state index contributed by atoms with van der Waals surface area (Å²) < 4.78 is 71.3. The summed E-state index contributed by atoms with van der Waals surface area (Å²) in [6, 6.07) is 40.5. The van der Waals surface area contributed by atoms with Crippen molar-refractivity contribution in [3.05, 3.63) is 173 Å². The van der Waals surface area contributed by atoms with Crippen LogP contribution in [-0.2, 0) is 48.8 Å². The first-order valence-electron chi connectivity index (χ1n) is 16.6. The van der Waals surface area contributed by atoms with Gasteiger partial charge in [-0.25, -0.2) is 16.8 Å². The molecule has 0 amide bonds. The molecule has 1 fully saturated rings. The van der Waals surface area contributed by atoms with E-state index in [4.69, 9.17) is 18.9 Å². The third-order valence-electron chi connectivity index (χ3n) is 8.96. The Labute approximate surface area is 291 Å². The smallest absolute Gasteiger partial charge is 0.268 e. The zero-order chi connectivity index (χ0) is 34.5. The first kappa shape index (κ1) is 33.8. The molecule has 1 saturated heterocycles. The molecule has 0 saturated carbocycles. The molecule has 0 aliphatic carbocycles. The van der Waals surface area contributed by atoms with Gasteiger partial charge in [-0.05, 0) is 41.8 Å². The second-order valence-electron chi connectivity index (χ2n) is 12.4. The van der Waals surface area contributed by atoms with Crippen molar-refractivity contribution in [2.24, 2.45) is 0 Å². The van der Waals surface area contributed by atoms with Crippen molar-refractivity contribution in [1.82, 2.24) is 3.97 Å². The number of fused-ring (bicyclic) bond motifs is 1. The molecule has 256 valence electrons. The molecule has 1 aromatic heterocycles. The summed E-state index contributed by atoms with van der Waals surface area (Å²) in [6.07, 6.45) is -1.29. The fourth-order valence-corrected chi connectivity index (χ4v) is 7.74. The summed E-state index contributed by atoms with van der Waals surface area (Å²) in [5.41, 5.74) is 4.24. The lowest BCUT2D eigenvalue weighted by Crippen LogP contribution is -2.52. The largest absolute Gasteiger partial charge is 0.368 e. The lowest BCUT2D eigenvalue weighted by molar-refractivity contribution is -0.240. The molecule has 1 aliphatic heterocycles. The number of halogens is 1. The molecule has 9 heteroatoms. The molecule has 7 rings (SSSR count). The molecule has 7 nitrogen and oxygen atoms in total. The molecular weight excluding hydrogens is 654 g/mol. The summed E-state index contributed by atoms with van der Waals surface area (Å²) in [4.78, 5) is 0.0506. The van der Waals surface area contributed by atoms with E-state index in [1.165, 1.54) is 24.4 Å². The SMILES string of the molecule is Cc1ccc(S(=O)(=O)n2cc([C@@H]3OC[C@@H](OCc4ccccc4)[C@H](OCc4ccccc4)[C@H]3OCc3ccccc3)c3cccc(F)c32)cc1. The van der Waals surface area contributed by atoms with E-state index < -0.39 is 40.3 Å². The van der Waals surface area contributed by atoms with E-state index in [1.54, 1.807) is 24.3 Å². The van der Waals surface area contributed by atoms with Crippen LogP contribution in [0.1, 0.15) is 33.9 Å². The Kier molecular flexibility index (Phi) is 10.2. The lowest BCUT2D eigenvalue weighted by atomic mass is 9.93. The highest BCUT2D eigenvalue weighted by Gasteiger charge is 2.45. The quantitative estimate of drug-likeness (QED) is 0.129. The lowest BCUT2D eigenvalue weighted by Gasteiger charge is -2.42. The van der Waals surface area contributed by atoms with Gasteiger partial charge in [-0.2, -0.15) is 0 Å². The average molecular weight is 692 g/mol. The Hall–Kier alpha value is -4.64. The second-order valence-corrected chi connectivity index (χ2v) is 14.3. The number of nitrogens with zero attached hydrogens (tertiary/aromatic N) is 1. The van der Waals surface area contributed by atoms with Gasteiger partial charge in [0.15, 0.2) is 0 Å². The number of benzene rings is 5. The van der Waals surface area contributed by atoms with E-state index >= 15 is 4.39 Å². The van der Waals surface area contributed by atoms with Gasteiger partial charge in [-0.3, -0.25) is 0 Å². The third-order valence-corrected chi connectivity index (χ3v) is 10.6. The number of aromatic nitrogens is 1. The average Bonchev–Trinajstić information content (AvgIpc) is 3.55. The van der Waals surface area contributed by atoms with Crippen LogP contribution in [0.3, 0.4) is 0 Å². The highest BCUT2D eigenvalue weighted by atomic mass is 32.2. The van der Waals surface area contributed by atoms with Crippen molar-refractivity contribution in [2.75, 3.05) is 6.61 Å². The number of hydrogen-bond donors (Lipinski definition) is 0.